The number of aryl methyl sites for hydroxylation is 2. The molecular formula is C26H20N2O3S. The quantitative estimate of drug-likeness (QED) is 0.414. The van der Waals surface area contributed by atoms with Gasteiger partial charge >= 0.3 is 0 Å². The minimum atomic E-state index is -0.766. The normalized spacial score (nSPS) is 16.2. The van der Waals surface area contributed by atoms with Gasteiger partial charge in [0.15, 0.2) is 16.7 Å². The summed E-state index contributed by atoms with van der Waals surface area (Å²) < 4.78 is 0.927. The zero-order valence-corrected chi connectivity index (χ0v) is 18.4. The molecule has 1 aliphatic heterocycles. The lowest BCUT2D eigenvalue weighted by Crippen LogP contribution is -2.31. The van der Waals surface area contributed by atoms with Crippen molar-refractivity contribution in [1.29, 1.82) is 0 Å². The largest absolute Gasteiger partial charge is 0.503 e. The predicted molar refractivity (Wildman–Crippen MR) is 126 cm³/mol. The second-order valence-corrected chi connectivity index (χ2v) is 8.92. The fourth-order valence-corrected chi connectivity index (χ4v) is 4.91. The highest BCUT2D eigenvalue weighted by Crippen LogP contribution is 2.44. The maximum Gasteiger partial charge on any atom is 0.296 e. The van der Waals surface area contributed by atoms with Gasteiger partial charge in [-0.1, -0.05) is 83.1 Å². The molecule has 3 aromatic carbocycles. The van der Waals surface area contributed by atoms with E-state index in [9.17, 15) is 14.7 Å². The molecule has 4 aromatic rings. The Hall–Kier alpha value is -3.77. The first kappa shape index (κ1) is 20.2. The molecule has 1 aromatic heterocycles. The molecule has 0 fully saturated rings. The number of amides is 1. The number of anilines is 1. The van der Waals surface area contributed by atoms with Gasteiger partial charge in [0.05, 0.1) is 21.8 Å². The lowest BCUT2D eigenvalue weighted by Gasteiger charge is -2.24. The molecule has 32 heavy (non-hydrogen) atoms. The zero-order chi connectivity index (χ0) is 22.4. The van der Waals surface area contributed by atoms with E-state index in [1.807, 2.05) is 74.5 Å². The van der Waals surface area contributed by atoms with Crippen LogP contribution in [-0.4, -0.2) is 21.8 Å². The van der Waals surface area contributed by atoms with Crippen molar-refractivity contribution in [2.24, 2.45) is 0 Å². The van der Waals surface area contributed by atoms with Gasteiger partial charge in [0.1, 0.15) is 0 Å². The average Bonchev–Trinajstić information content (AvgIpc) is 3.33. The minimum Gasteiger partial charge on any atom is -0.503 e. The predicted octanol–water partition coefficient (Wildman–Crippen LogP) is 5.70. The van der Waals surface area contributed by atoms with Crippen molar-refractivity contribution in [1.82, 2.24) is 4.98 Å². The summed E-state index contributed by atoms with van der Waals surface area (Å²) in [4.78, 5) is 32.8. The Morgan fingerprint density at radius 3 is 2.22 bits per heavy atom. The van der Waals surface area contributed by atoms with E-state index >= 15 is 0 Å². The number of thiazole rings is 1. The molecule has 5 rings (SSSR count). The van der Waals surface area contributed by atoms with Gasteiger partial charge in [-0.05, 0) is 31.5 Å². The molecule has 0 spiro atoms. The van der Waals surface area contributed by atoms with Gasteiger partial charge in [0, 0.05) is 5.56 Å². The number of hydrogen-bond donors (Lipinski definition) is 1. The summed E-state index contributed by atoms with van der Waals surface area (Å²) in [5, 5.41) is 11.3. The first-order valence-electron chi connectivity index (χ1n) is 10.2. The molecule has 1 amide bonds. The molecule has 0 saturated heterocycles. The van der Waals surface area contributed by atoms with Crippen molar-refractivity contribution >= 4 is 38.4 Å². The Morgan fingerprint density at radius 2 is 1.56 bits per heavy atom. The maximum atomic E-state index is 13.5. The third kappa shape index (κ3) is 3.29. The first-order chi connectivity index (χ1) is 15.4. The summed E-state index contributed by atoms with van der Waals surface area (Å²) in [6.07, 6.45) is 0. The summed E-state index contributed by atoms with van der Waals surface area (Å²) in [7, 11) is 0. The number of Topliss-reactive ketones (excluding diaryl/α,β-unsaturated/α-hetero) is 1. The fraction of sp³-hybridized carbons (Fsp3) is 0.115. The summed E-state index contributed by atoms with van der Waals surface area (Å²) in [6, 6.07) is 21.6. The molecule has 0 aliphatic carbocycles. The zero-order valence-electron chi connectivity index (χ0n) is 17.6. The van der Waals surface area contributed by atoms with Crippen molar-refractivity contribution < 1.29 is 14.7 Å². The molecule has 0 radical (unpaired) electrons. The molecule has 1 unspecified atom stereocenters. The van der Waals surface area contributed by atoms with Crippen molar-refractivity contribution in [3.63, 3.8) is 0 Å². The molecule has 1 aliphatic rings. The number of rotatable bonds is 4. The standard InChI is InChI=1S/C26H20N2O3S/c1-15-7-11-17(12-8-15)22-21(23(29)18-13-9-16(2)10-14-18)24(30)25(31)28(22)26-27-19-5-3-4-6-20(19)32-26/h3-14,22,30H,1-2H3. The van der Waals surface area contributed by atoms with Crippen molar-refractivity contribution in [2.75, 3.05) is 4.90 Å². The van der Waals surface area contributed by atoms with Crippen LogP contribution in [0.4, 0.5) is 5.13 Å². The number of ketones is 1. The number of hydrogen-bond acceptors (Lipinski definition) is 5. The van der Waals surface area contributed by atoms with E-state index in [0.717, 1.165) is 26.9 Å². The van der Waals surface area contributed by atoms with Gasteiger partial charge < -0.3 is 5.11 Å². The molecule has 1 atom stereocenters. The summed E-state index contributed by atoms with van der Waals surface area (Å²) in [6.45, 7) is 3.91. The Balaban J connectivity index is 1.67. The molecule has 158 valence electrons. The van der Waals surface area contributed by atoms with Crippen LogP contribution >= 0.6 is 11.3 Å². The van der Waals surface area contributed by atoms with Crippen LogP contribution in [0.1, 0.15) is 33.1 Å². The van der Waals surface area contributed by atoms with Crippen LogP contribution in [0.15, 0.2) is 84.1 Å². The summed E-state index contributed by atoms with van der Waals surface area (Å²) >= 11 is 1.36. The van der Waals surface area contributed by atoms with Gasteiger partial charge in [-0.2, -0.15) is 0 Å². The van der Waals surface area contributed by atoms with Crippen LogP contribution in [0.2, 0.25) is 0 Å². The second kappa shape index (κ2) is 7.73. The van der Waals surface area contributed by atoms with Crippen LogP contribution in [0.5, 0.6) is 0 Å². The van der Waals surface area contributed by atoms with Gasteiger partial charge in [-0.25, -0.2) is 4.98 Å². The number of carbonyl (C=O) groups excluding carboxylic acids is 2. The molecule has 0 saturated carbocycles. The van der Waals surface area contributed by atoms with Gasteiger partial charge in [0.2, 0.25) is 0 Å². The van der Waals surface area contributed by atoms with Crippen LogP contribution in [0, 0.1) is 13.8 Å². The maximum absolute atomic E-state index is 13.5. The van der Waals surface area contributed by atoms with E-state index in [2.05, 4.69) is 4.98 Å². The van der Waals surface area contributed by atoms with E-state index in [0.29, 0.717) is 10.7 Å². The fourth-order valence-electron chi connectivity index (χ4n) is 3.92. The Morgan fingerprint density at radius 1 is 0.938 bits per heavy atom. The van der Waals surface area contributed by atoms with E-state index in [1.54, 1.807) is 12.1 Å². The van der Waals surface area contributed by atoms with E-state index in [1.165, 1.54) is 16.2 Å². The Labute approximate surface area is 189 Å². The van der Waals surface area contributed by atoms with Crippen LogP contribution in [0.25, 0.3) is 10.2 Å². The third-order valence-corrected chi connectivity index (χ3v) is 6.68. The molecule has 6 heteroatoms. The number of aromatic nitrogens is 1. The number of aliphatic hydroxyl groups is 1. The van der Waals surface area contributed by atoms with E-state index in [4.69, 9.17) is 0 Å². The smallest absolute Gasteiger partial charge is 0.296 e. The van der Waals surface area contributed by atoms with Crippen LogP contribution in [-0.2, 0) is 4.79 Å². The lowest BCUT2D eigenvalue weighted by atomic mass is 9.92. The van der Waals surface area contributed by atoms with Crippen LogP contribution < -0.4 is 4.90 Å². The average molecular weight is 441 g/mol. The number of benzene rings is 3. The van der Waals surface area contributed by atoms with Crippen molar-refractivity contribution in [3.8, 4) is 0 Å². The SMILES string of the molecule is Cc1ccc(C(=O)C2=C(O)C(=O)N(c3nc4ccccc4s3)C2c2ccc(C)cc2)cc1. The molecule has 1 N–H and O–H groups in total. The second-order valence-electron chi connectivity index (χ2n) is 7.91. The Kier molecular flexibility index (Phi) is 4.87. The van der Waals surface area contributed by atoms with Gasteiger partial charge in [-0.15, -0.1) is 0 Å². The van der Waals surface area contributed by atoms with Crippen molar-refractivity contribution in [3.05, 3.63) is 106 Å². The van der Waals surface area contributed by atoms with Crippen molar-refractivity contribution in [2.45, 2.75) is 19.9 Å². The summed E-state index contributed by atoms with van der Waals surface area (Å²) in [5.74, 6) is -1.52. The third-order valence-electron chi connectivity index (χ3n) is 5.65. The first-order valence-corrected chi connectivity index (χ1v) is 11.1. The highest BCUT2D eigenvalue weighted by molar-refractivity contribution is 7.22. The number of nitrogens with zero attached hydrogens (tertiary/aromatic N) is 2. The van der Waals surface area contributed by atoms with Gasteiger partial charge in [0.25, 0.3) is 5.91 Å². The monoisotopic (exact) mass is 440 g/mol. The van der Waals surface area contributed by atoms with Crippen LogP contribution in [0.3, 0.4) is 0 Å². The molecule has 2 heterocycles. The van der Waals surface area contributed by atoms with E-state index in [-0.39, 0.29) is 11.4 Å². The Bertz CT molecular complexity index is 1350. The van der Waals surface area contributed by atoms with Gasteiger partial charge in [-0.3, -0.25) is 14.5 Å². The number of para-hydroxylation sites is 1. The molecule has 0 bridgehead atoms. The topological polar surface area (TPSA) is 70.5 Å². The minimum absolute atomic E-state index is 0.0713. The molecule has 5 nitrogen and oxygen atoms in total. The number of carbonyl (C=O) groups is 2. The highest BCUT2D eigenvalue weighted by Gasteiger charge is 2.45. The molecular weight excluding hydrogens is 420 g/mol. The lowest BCUT2D eigenvalue weighted by molar-refractivity contribution is -0.117. The number of aliphatic hydroxyl groups excluding tert-OH is 1. The highest BCUT2D eigenvalue weighted by atomic mass is 32.1. The van der Waals surface area contributed by atoms with E-state index < -0.39 is 17.7 Å². The summed E-state index contributed by atoms with van der Waals surface area (Å²) in [5.41, 5.74) is 4.08. The number of fused-ring (bicyclic) bond motifs is 1.